The van der Waals surface area contributed by atoms with E-state index in [0.717, 1.165) is 31.1 Å². The highest BCUT2D eigenvalue weighted by atomic mass is 32.2. The highest BCUT2D eigenvalue weighted by Gasteiger charge is 2.41. The van der Waals surface area contributed by atoms with Crippen LogP contribution in [0.1, 0.15) is 51.4 Å². The van der Waals surface area contributed by atoms with E-state index in [9.17, 15) is 13.2 Å². The number of nitrogens with one attached hydrogen (secondary N) is 2. The molecule has 2 heterocycles. The van der Waals surface area contributed by atoms with Gasteiger partial charge in [0.2, 0.25) is 5.91 Å². The van der Waals surface area contributed by atoms with Crippen LogP contribution in [0.5, 0.6) is 0 Å². The van der Waals surface area contributed by atoms with Gasteiger partial charge in [0, 0.05) is 25.3 Å². The van der Waals surface area contributed by atoms with Crippen molar-refractivity contribution in [3.8, 4) is 0 Å². The fourth-order valence-electron chi connectivity index (χ4n) is 6.00. The smallest absolute Gasteiger partial charge is 0.249 e. The second kappa shape index (κ2) is 7.08. The number of hydrogen-bond donors (Lipinski definition) is 2. The Hall–Kier alpha value is -1.50. The van der Waals surface area contributed by atoms with Crippen LogP contribution < -0.4 is 10.6 Å². The largest absolute Gasteiger partial charge is 0.381 e. The van der Waals surface area contributed by atoms with Crippen molar-refractivity contribution in [1.29, 1.82) is 0 Å². The molecule has 2 N–H and O–H groups in total. The van der Waals surface area contributed by atoms with Crippen molar-refractivity contribution in [2.45, 2.75) is 63.5 Å². The molecule has 3 fully saturated rings. The lowest BCUT2D eigenvalue weighted by Gasteiger charge is -2.37. The fourth-order valence-corrected chi connectivity index (χ4v) is 7.20. The molecule has 2 aliphatic heterocycles. The number of sulfone groups is 1. The molecule has 2 bridgehead atoms. The van der Waals surface area contributed by atoms with Gasteiger partial charge in [-0.25, -0.2) is 8.42 Å². The molecule has 5 aliphatic rings. The zero-order valence-electron chi connectivity index (χ0n) is 16.5. The summed E-state index contributed by atoms with van der Waals surface area (Å²) in [6, 6.07) is 0.267. The number of amides is 1. The Morgan fingerprint density at radius 3 is 2.61 bits per heavy atom. The second-order valence-electron chi connectivity index (χ2n) is 9.27. The van der Waals surface area contributed by atoms with Crippen molar-refractivity contribution < 1.29 is 13.2 Å². The van der Waals surface area contributed by atoms with E-state index < -0.39 is 9.84 Å². The number of fused-ring (bicyclic) bond motifs is 2. The van der Waals surface area contributed by atoms with E-state index in [0.29, 0.717) is 19.1 Å². The minimum atomic E-state index is -2.98. The fraction of sp³-hybridized carbons (Fsp3) is 0.762. The molecule has 5 rings (SSSR count). The predicted octanol–water partition coefficient (Wildman–Crippen LogP) is 1.71. The van der Waals surface area contributed by atoms with Gasteiger partial charge in [0.1, 0.15) is 6.04 Å². The summed E-state index contributed by atoms with van der Waals surface area (Å²) in [4.78, 5) is 14.9. The maximum absolute atomic E-state index is 13.2. The van der Waals surface area contributed by atoms with E-state index in [-0.39, 0.29) is 23.5 Å². The Labute approximate surface area is 167 Å². The highest BCUT2D eigenvalue weighted by molar-refractivity contribution is 7.91. The summed E-state index contributed by atoms with van der Waals surface area (Å²) >= 11 is 0. The summed E-state index contributed by atoms with van der Waals surface area (Å²) in [6.07, 6.45) is 11.7. The van der Waals surface area contributed by atoms with Crippen LogP contribution in [0.2, 0.25) is 0 Å². The van der Waals surface area contributed by atoms with Gasteiger partial charge in [0.15, 0.2) is 9.84 Å². The minimum absolute atomic E-state index is 0.0412. The molecule has 154 valence electrons. The summed E-state index contributed by atoms with van der Waals surface area (Å²) in [5, 5.41) is 7.22. The number of dihydropyridines is 1. The average Bonchev–Trinajstić information content (AvgIpc) is 3.31. The Morgan fingerprint density at radius 1 is 1.11 bits per heavy atom. The zero-order chi connectivity index (χ0) is 19.3. The van der Waals surface area contributed by atoms with Gasteiger partial charge in [-0.3, -0.25) is 4.79 Å². The molecule has 4 atom stereocenters. The molecule has 0 aromatic rings. The van der Waals surface area contributed by atoms with Gasteiger partial charge >= 0.3 is 0 Å². The van der Waals surface area contributed by atoms with Gasteiger partial charge < -0.3 is 15.5 Å². The van der Waals surface area contributed by atoms with Crippen LogP contribution in [-0.2, 0) is 14.6 Å². The normalized spacial score (nSPS) is 36.6. The van der Waals surface area contributed by atoms with Crippen molar-refractivity contribution in [2.75, 3.05) is 24.6 Å². The van der Waals surface area contributed by atoms with Crippen molar-refractivity contribution in [1.82, 2.24) is 15.5 Å². The average molecular weight is 406 g/mol. The summed E-state index contributed by atoms with van der Waals surface area (Å²) in [6.45, 7) is 0.643. The molecule has 7 heteroatoms. The van der Waals surface area contributed by atoms with Crippen LogP contribution in [0.3, 0.4) is 0 Å². The van der Waals surface area contributed by atoms with Crippen molar-refractivity contribution >= 4 is 15.7 Å². The predicted molar refractivity (Wildman–Crippen MR) is 108 cm³/mol. The van der Waals surface area contributed by atoms with E-state index in [2.05, 4.69) is 10.6 Å². The van der Waals surface area contributed by atoms with E-state index in [4.69, 9.17) is 0 Å². The first-order chi connectivity index (χ1) is 13.5. The van der Waals surface area contributed by atoms with Crippen LogP contribution in [0.25, 0.3) is 0 Å². The zero-order valence-corrected chi connectivity index (χ0v) is 17.3. The molecule has 3 aliphatic carbocycles. The third-order valence-corrected chi connectivity index (χ3v) is 9.17. The monoisotopic (exact) mass is 405 g/mol. The molecular formula is C21H31N3O3S. The molecule has 2 saturated carbocycles. The molecule has 0 aromatic carbocycles. The first-order valence-electron chi connectivity index (χ1n) is 10.9. The standard InChI is InChI=1S/C21H31N3O3S/c25-21(24-7-9-28(26,27)10-8-24)20-17-4-2-1-3-16(17)19(13-22-20)23-18-12-14-5-6-15(18)11-14/h13-15,18,20,22-23H,1-12H2/t14-,15+,18+,20?/m0/s1. The van der Waals surface area contributed by atoms with Crippen LogP contribution >= 0.6 is 0 Å². The number of carbonyl (C=O) groups excluding carboxylic acids is 1. The van der Waals surface area contributed by atoms with Crippen molar-refractivity contribution in [3.63, 3.8) is 0 Å². The third kappa shape index (κ3) is 3.36. The van der Waals surface area contributed by atoms with E-state index in [1.807, 2.05) is 6.20 Å². The Kier molecular flexibility index (Phi) is 4.68. The highest BCUT2D eigenvalue weighted by Crippen LogP contribution is 2.45. The van der Waals surface area contributed by atoms with Gasteiger partial charge in [-0.1, -0.05) is 6.42 Å². The minimum Gasteiger partial charge on any atom is -0.381 e. The topological polar surface area (TPSA) is 78.5 Å². The maximum Gasteiger partial charge on any atom is 0.249 e. The number of rotatable bonds is 3. The number of allylic oxidation sites excluding steroid dienone is 1. The van der Waals surface area contributed by atoms with Crippen molar-refractivity contribution in [2.24, 2.45) is 11.8 Å². The van der Waals surface area contributed by atoms with E-state index in [1.54, 1.807) is 4.90 Å². The van der Waals surface area contributed by atoms with E-state index >= 15 is 0 Å². The molecule has 6 nitrogen and oxygen atoms in total. The summed E-state index contributed by atoms with van der Waals surface area (Å²) in [7, 11) is -2.98. The van der Waals surface area contributed by atoms with Crippen LogP contribution in [0.15, 0.2) is 23.0 Å². The first-order valence-corrected chi connectivity index (χ1v) is 12.8. The lowest BCUT2D eigenvalue weighted by atomic mass is 9.83. The quantitative estimate of drug-likeness (QED) is 0.747. The summed E-state index contributed by atoms with van der Waals surface area (Å²) in [5.41, 5.74) is 3.78. The van der Waals surface area contributed by atoms with Gasteiger partial charge in [-0.2, -0.15) is 0 Å². The molecule has 0 aromatic heterocycles. The Balaban J connectivity index is 1.32. The molecule has 1 saturated heterocycles. The number of hydrogen-bond acceptors (Lipinski definition) is 5. The first kappa shape index (κ1) is 18.5. The van der Waals surface area contributed by atoms with Crippen LogP contribution in [0.4, 0.5) is 0 Å². The second-order valence-corrected chi connectivity index (χ2v) is 11.6. The summed E-state index contributed by atoms with van der Waals surface area (Å²) < 4.78 is 23.4. The van der Waals surface area contributed by atoms with Gasteiger partial charge in [0.25, 0.3) is 0 Å². The molecule has 1 unspecified atom stereocenters. The molecular weight excluding hydrogens is 374 g/mol. The van der Waals surface area contributed by atoms with E-state index in [1.165, 1.54) is 48.9 Å². The molecule has 0 spiro atoms. The third-order valence-electron chi connectivity index (χ3n) is 7.56. The molecule has 0 radical (unpaired) electrons. The maximum atomic E-state index is 13.2. The number of nitrogens with zero attached hydrogens (tertiary/aromatic N) is 1. The van der Waals surface area contributed by atoms with Gasteiger partial charge in [-0.05, 0) is 67.9 Å². The Bertz CT molecular complexity index is 818. The lowest BCUT2D eigenvalue weighted by Crippen LogP contribution is -2.53. The molecule has 28 heavy (non-hydrogen) atoms. The summed E-state index contributed by atoms with van der Waals surface area (Å²) in [5.74, 6) is 1.94. The SMILES string of the molecule is O=C(C1NC=C(N[C@@H]2C[C@H]3CC[C@@H]2C3)C2=C1CCCC2)N1CCS(=O)(=O)CC1. The number of carbonyl (C=O) groups is 1. The van der Waals surface area contributed by atoms with Crippen molar-refractivity contribution in [3.05, 3.63) is 23.0 Å². The van der Waals surface area contributed by atoms with Gasteiger partial charge in [0.05, 0.1) is 17.2 Å². The van der Waals surface area contributed by atoms with Crippen LogP contribution in [-0.4, -0.2) is 55.9 Å². The van der Waals surface area contributed by atoms with Gasteiger partial charge in [-0.15, -0.1) is 0 Å². The van der Waals surface area contributed by atoms with Crippen LogP contribution in [0, 0.1) is 11.8 Å². The molecule has 1 amide bonds. The lowest BCUT2D eigenvalue weighted by molar-refractivity contribution is -0.132. The Morgan fingerprint density at radius 2 is 1.89 bits per heavy atom.